The van der Waals surface area contributed by atoms with Gasteiger partial charge in [0.2, 0.25) is 0 Å². The first-order valence-electron chi connectivity index (χ1n) is 11.1. The third-order valence-corrected chi connectivity index (χ3v) is 5.19. The number of hydrogen-bond acceptors (Lipinski definition) is 3. The summed E-state index contributed by atoms with van der Waals surface area (Å²) >= 11 is 0. The number of methoxy groups -OCH3 is 1. The van der Waals surface area contributed by atoms with Crippen molar-refractivity contribution >= 4 is 5.78 Å². The van der Waals surface area contributed by atoms with Gasteiger partial charge >= 0.3 is 0 Å². The maximum absolute atomic E-state index is 11.5. The van der Waals surface area contributed by atoms with Gasteiger partial charge in [-0.15, -0.1) is 0 Å². The second-order valence-electron chi connectivity index (χ2n) is 7.41. The molecule has 2 aromatic rings. The van der Waals surface area contributed by atoms with Crippen LogP contribution in [0.25, 0.3) is 0 Å². The molecule has 2 aromatic carbocycles. The van der Waals surface area contributed by atoms with Gasteiger partial charge in [-0.2, -0.15) is 0 Å². The molecule has 0 aromatic heterocycles. The van der Waals surface area contributed by atoms with E-state index in [1.807, 2.05) is 26.8 Å². The predicted molar refractivity (Wildman–Crippen MR) is 129 cm³/mol. The van der Waals surface area contributed by atoms with Crippen LogP contribution in [0.15, 0.2) is 30.3 Å². The number of ketones is 1. The molecule has 0 saturated heterocycles. The number of carbonyl (C=O) groups excluding carboxylic acids is 1. The van der Waals surface area contributed by atoms with E-state index >= 15 is 0 Å². The number of hydrogen-bond donors (Lipinski definition) is 1. The smallest absolute Gasteiger partial charge is 0.162 e. The van der Waals surface area contributed by atoms with Gasteiger partial charge in [-0.1, -0.05) is 50.6 Å². The van der Waals surface area contributed by atoms with Gasteiger partial charge < -0.3 is 9.84 Å². The summed E-state index contributed by atoms with van der Waals surface area (Å²) in [5, 5.41) is 7.65. The summed E-state index contributed by atoms with van der Waals surface area (Å²) in [7, 11) is 1.43. The Bertz CT molecular complexity index is 738. The molecule has 0 heterocycles. The topological polar surface area (TPSA) is 46.5 Å². The minimum atomic E-state index is -0.181. The predicted octanol–water partition coefficient (Wildman–Crippen LogP) is 6.69. The summed E-state index contributed by atoms with van der Waals surface area (Å²) in [5.41, 5.74) is 9.33. The van der Waals surface area contributed by atoms with E-state index < -0.39 is 0 Å². The minimum Gasteiger partial charge on any atom is -0.371 e. The van der Waals surface area contributed by atoms with E-state index in [1.54, 1.807) is 0 Å². The van der Waals surface area contributed by atoms with E-state index in [2.05, 4.69) is 56.7 Å². The van der Waals surface area contributed by atoms with Gasteiger partial charge in [0, 0.05) is 19.1 Å². The first-order valence-corrected chi connectivity index (χ1v) is 11.1. The lowest BCUT2D eigenvalue weighted by Gasteiger charge is -2.15. The summed E-state index contributed by atoms with van der Waals surface area (Å²) in [5.74, 6) is 0.262. The molecule has 0 saturated carbocycles. The monoisotopic (exact) mass is 414 g/mol. The molecule has 0 fully saturated rings. The molecular formula is C27H42O3. The zero-order valence-electron chi connectivity index (χ0n) is 20.4. The van der Waals surface area contributed by atoms with Crippen LogP contribution in [0, 0.1) is 27.7 Å². The molecule has 0 spiro atoms. The van der Waals surface area contributed by atoms with Crippen molar-refractivity contribution in [1.82, 2.24) is 0 Å². The third-order valence-electron chi connectivity index (χ3n) is 5.19. The lowest BCUT2D eigenvalue weighted by atomic mass is 9.89. The highest BCUT2D eigenvalue weighted by Crippen LogP contribution is 2.22. The molecule has 0 aliphatic heterocycles. The number of aliphatic hydroxyl groups excluding tert-OH is 1. The van der Waals surface area contributed by atoms with Crippen LogP contribution >= 0.6 is 0 Å². The van der Waals surface area contributed by atoms with E-state index in [-0.39, 0.29) is 12.6 Å². The quantitative estimate of drug-likeness (QED) is 0.450. The Hall–Kier alpha value is -1.97. The maximum atomic E-state index is 11.5. The van der Waals surface area contributed by atoms with Crippen LogP contribution in [-0.2, 0) is 17.6 Å². The summed E-state index contributed by atoms with van der Waals surface area (Å²) < 4.78 is 4.10. The van der Waals surface area contributed by atoms with Crippen LogP contribution in [0.3, 0.4) is 0 Å². The molecule has 1 N–H and O–H groups in total. The van der Waals surface area contributed by atoms with Crippen molar-refractivity contribution in [3.63, 3.8) is 0 Å². The molecule has 0 radical (unpaired) electrons. The average molecular weight is 415 g/mol. The molecule has 3 heteroatoms. The number of ether oxygens (including phenoxy) is 1. The Kier molecular flexibility index (Phi) is 14.8. The molecule has 0 atom stereocenters. The minimum absolute atomic E-state index is 0.181. The van der Waals surface area contributed by atoms with E-state index in [0.717, 1.165) is 12.0 Å². The molecule has 3 nitrogen and oxygen atoms in total. The summed E-state index contributed by atoms with van der Waals surface area (Å²) in [6, 6.07) is 10.7. The molecule has 1 aliphatic rings. The molecule has 0 amide bonds. The van der Waals surface area contributed by atoms with Gasteiger partial charge in [0.15, 0.2) is 5.78 Å². The van der Waals surface area contributed by atoms with Gasteiger partial charge in [0.25, 0.3) is 0 Å². The van der Waals surface area contributed by atoms with E-state index in [0.29, 0.717) is 6.42 Å². The Morgan fingerprint density at radius 1 is 0.933 bits per heavy atom. The molecule has 0 bridgehead atoms. The standard InChI is InChI=1S/C13H16O.C10H14.C2H6O2.C2H6/c1-2-13(14)12-8-7-10-5-3-4-6-11(10)9-12;1-7-5-8(2)10(4)9(3)6-7;1-4-2-3;1-2/h7-9H,2-6H2,1H3;5-6H,1-4H3;3H,2H2,1H3;1-2H3. The van der Waals surface area contributed by atoms with Gasteiger partial charge in [-0.05, 0) is 87.3 Å². The zero-order valence-corrected chi connectivity index (χ0v) is 20.4. The Morgan fingerprint density at radius 2 is 1.43 bits per heavy atom. The molecule has 30 heavy (non-hydrogen) atoms. The number of aryl methyl sites for hydroxylation is 5. The fourth-order valence-electron chi connectivity index (χ4n) is 3.36. The van der Waals surface area contributed by atoms with Crippen molar-refractivity contribution < 1.29 is 14.6 Å². The van der Waals surface area contributed by atoms with Crippen LogP contribution in [0.5, 0.6) is 0 Å². The van der Waals surface area contributed by atoms with Gasteiger partial charge in [-0.3, -0.25) is 4.79 Å². The highest BCUT2D eigenvalue weighted by molar-refractivity contribution is 5.96. The van der Waals surface area contributed by atoms with Crippen LogP contribution < -0.4 is 0 Å². The Labute approximate surface area is 184 Å². The first kappa shape index (κ1) is 28.0. The fourth-order valence-corrected chi connectivity index (χ4v) is 3.36. The van der Waals surface area contributed by atoms with Gasteiger partial charge in [0.1, 0.15) is 6.79 Å². The highest BCUT2D eigenvalue weighted by atomic mass is 16.6. The third kappa shape index (κ3) is 9.69. The molecule has 1 aliphatic carbocycles. The van der Waals surface area contributed by atoms with E-state index in [9.17, 15) is 4.79 Å². The number of fused-ring (bicyclic) bond motifs is 1. The van der Waals surface area contributed by atoms with Gasteiger partial charge in [0.05, 0.1) is 0 Å². The molecular weight excluding hydrogens is 372 g/mol. The first-order chi connectivity index (χ1) is 14.3. The Morgan fingerprint density at radius 3 is 1.90 bits per heavy atom. The lowest BCUT2D eigenvalue weighted by Crippen LogP contribution is -2.05. The van der Waals surface area contributed by atoms with Crippen molar-refractivity contribution in [2.24, 2.45) is 0 Å². The van der Waals surface area contributed by atoms with Gasteiger partial charge in [-0.25, -0.2) is 0 Å². The maximum Gasteiger partial charge on any atom is 0.162 e. The zero-order chi connectivity index (χ0) is 23.1. The fraction of sp³-hybridized carbons (Fsp3) is 0.519. The van der Waals surface area contributed by atoms with Crippen molar-refractivity contribution in [3.05, 3.63) is 69.3 Å². The van der Waals surface area contributed by atoms with Crippen molar-refractivity contribution in [2.75, 3.05) is 13.9 Å². The number of carbonyl (C=O) groups is 1. The second kappa shape index (κ2) is 15.8. The second-order valence-corrected chi connectivity index (χ2v) is 7.41. The average Bonchev–Trinajstić information content (AvgIpc) is 2.78. The van der Waals surface area contributed by atoms with Crippen molar-refractivity contribution in [3.8, 4) is 0 Å². The molecule has 3 rings (SSSR count). The van der Waals surface area contributed by atoms with Crippen molar-refractivity contribution in [2.45, 2.75) is 80.6 Å². The van der Waals surface area contributed by atoms with E-state index in [1.165, 1.54) is 59.8 Å². The largest absolute Gasteiger partial charge is 0.371 e. The normalized spacial score (nSPS) is 11.5. The Balaban J connectivity index is 0.000000461. The molecule has 0 unspecified atom stereocenters. The van der Waals surface area contributed by atoms with Crippen LogP contribution in [0.2, 0.25) is 0 Å². The van der Waals surface area contributed by atoms with Crippen LogP contribution in [0.1, 0.15) is 83.8 Å². The molecule has 168 valence electrons. The highest BCUT2D eigenvalue weighted by Gasteiger charge is 2.11. The summed E-state index contributed by atoms with van der Waals surface area (Å²) in [6.07, 6.45) is 5.53. The number of benzene rings is 2. The van der Waals surface area contributed by atoms with Crippen molar-refractivity contribution in [1.29, 1.82) is 0 Å². The number of Topliss-reactive ketones (excluding diaryl/α,β-unsaturated/α-hetero) is 1. The SMILES string of the molecule is CC.CCC(=O)c1ccc2c(c1)CCCC2.COCO.Cc1cc(C)c(C)c(C)c1. The van der Waals surface area contributed by atoms with E-state index in [4.69, 9.17) is 5.11 Å². The lowest BCUT2D eigenvalue weighted by molar-refractivity contribution is 0.0325. The number of rotatable bonds is 3. The summed E-state index contributed by atoms with van der Waals surface area (Å²) in [6.45, 7) is 14.4. The van der Waals surface area contributed by atoms with Crippen LogP contribution in [0.4, 0.5) is 0 Å². The number of aliphatic hydroxyl groups is 1. The van der Waals surface area contributed by atoms with Crippen LogP contribution in [-0.4, -0.2) is 24.8 Å². The summed E-state index contributed by atoms with van der Waals surface area (Å²) in [4.78, 5) is 11.5.